The number of carbonyl (C=O) groups is 3. The van der Waals surface area contributed by atoms with Crippen molar-refractivity contribution in [2.45, 2.75) is 6.61 Å². The molecule has 1 saturated heterocycles. The molecule has 3 aromatic carbocycles. The van der Waals surface area contributed by atoms with Gasteiger partial charge in [0.2, 0.25) is 0 Å². The van der Waals surface area contributed by atoms with Crippen LogP contribution in [0, 0.1) is 5.82 Å². The Kier molecular flexibility index (Phi) is 7.16. The SMILES string of the molecule is O=C1NC(=O)N(c2ccccc2Cl)C(=O)/C1=C/c1cc(Br)cc(Br)c1OCc1cccc(F)c1. The largest absolute Gasteiger partial charge is 0.487 e. The van der Waals surface area contributed by atoms with Gasteiger partial charge in [0.25, 0.3) is 11.8 Å². The van der Waals surface area contributed by atoms with Gasteiger partial charge in [-0.1, -0.05) is 51.8 Å². The van der Waals surface area contributed by atoms with Crippen LogP contribution in [0.4, 0.5) is 14.9 Å². The van der Waals surface area contributed by atoms with Gasteiger partial charge in [-0.3, -0.25) is 14.9 Å². The Balaban J connectivity index is 1.73. The molecule has 0 spiro atoms. The van der Waals surface area contributed by atoms with E-state index in [0.29, 0.717) is 25.8 Å². The van der Waals surface area contributed by atoms with Gasteiger partial charge < -0.3 is 4.74 Å². The summed E-state index contributed by atoms with van der Waals surface area (Å²) in [5, 5.41) is 2.33. The molecule has 1 N–H and O–H groups in total. The minimum atomic E-state index is -0.904. The van der Waals surface area contributed by atoms with Crippen LogP contribution in [0.1, 0.15) is 11.1 Å². The molecule has 6 nitrogen and oxygen atoms in total. The van der Waals surface area contributed by atoms with Crippen molar-refractivity contribution in [1.82, 2.24) is 5.32 Å². The summed E-state index contributed by atoms with van der Waals surface area (Å²) in [4.78, 5) is 39.1. The highest BCUT2D eigenvalue weighted by molar-refractivity contribution is 9.11. The maximum atomic E-state index is 13.5. The van der Waals surface area contributed by atoms with E-state index in [9.17, 15) is 18.8 Å². The molecule has 0 atom stereocenters. The molecule has 1 heterocycles. The van der Waals surface area contributed by atoms with Gasteiger partial charge in [0.1, 0.15) is 23.7 Å². The van der Waals surface area contributed by atoms with Crippen LogP contribution in [0.2, 0.25) is 5.02 Å². The van der Waals surface area contributed by atoms with Crippen molar-refractivity contribution in [3.63, 3.8) is 0 Å². The molecule has 0 unspecified atom stereocenters. The fourth-order valence-electron chi connectivity index (χ4n) is 3.29. The molecule has 34 heavy (non-hydrogen) atoms. The number of hydrogen-bond acceptors (Lipinski definition) is 4. The molecule has 4 amide bonds. The Labute approximate surface area is 215 Å². The Bertz CT molecular complexity index is 1360. The number of para-hydroxylation sites is 1. The van der Waals surface area contributed by atoms with Crippen LogP contribution in [0.25, 0.3) is 6.08 Å². The van der Waals surface area contributed by atoms with Crippen molar-refractivity contribution in [2.24, 2.45) is 0 Å². The lowest BCUT2D eigenvalue weighted by molar-refractivity contribution is -0.122. The lowest BCUT2D eigenvalue weighted by atomic mass is 10.1. The minimum absolute atomic E-state index is 0.0402. The normalized spacial score (nSPS) is 15.0. The fraction of sp³-hybridized carbons (Fsp3) is 0.0417. The van der Waals surface area contributed by atoms with Crippen LogP contribution in [0.3, 0.4) is 0 Å². The standard InChI is InChI=1S/C24H14Br2ClFN2O4/c25-15-9-14(21(18(26)11-15)34-12-13-4-3-5-16(28)8-13)10-17-22(31)29-24(33)30(23(17)32)20-7-2-1-6-19(20)27/h1-11H,12H2,(H,29,31,33)/b17-10+. The van der Waals surface area contributed by atoms with Crippen LogP contribution in [0.5, 0.6) is 5.75 Å². The summed E-state index contributed by atoms with van der Waals surface area (Å²) in [7, 11) is 0. The Morgan fingerprint density at radius 1 is 1.03 bits per heavy atom. The van der Waals surface area contributed by atoms with E-state index in [2.05, 4.69) is 37.2 Å². The number of halogens is 4. The second-order valence-corrected chi connectivity index (χ2v) is 9.31. The number of anilines is 1. The first kappa shape index (κ1) is 24.1. The van der Waals surface area contributed by atoms with Gasteiger partial charge in [-0.2, -0.15) is 0 Å². The second-order valence-electron chi connectivity index (χ2n) is 7.13. The highest BCUT2D eigenvalue weighted by Crippen LogP contribution is 2.36. The Morgan fingerprint density at radius 2 is 1.79 bits per heavy atom. The maximum absolute atomic E-state index is 13.5. The molecular formula is C24H14Br2ClFN2O4. The van der Waals surface area contributed by atoms with E-state index < -0.39 is 23.7 Å². The predicted octanol–water partition coefficient (Wildman–Crippen LogP) is 6.25. The van der Waals surface area contributed by atoms with E-state index in [4.69, 9.17) is 16.3 Å². The predicted molar refractivity (Wildman–Crippen MR) is 133 cm³/mol. The number of nitrogens with zero attached hydrogens (tertiary/aromatic N) is 1. The van der Waals surface area contributed by atoms with Gasteiger partial charge in [0.05, 0.1) is 15.2 Å². The lowest BCUT2D eigenvalue weighted by Crippen LogP contribution is -2.54. The van der Waals surface area contributed by atoms with E-state index in [0.717, 1.165) is 4.90 Å². The third kappa shape index (κ3) is 5.06. The van der Waals surface area contributed by atoms with Gasteiger partial charge in [-0.15, -0.1) is 0 Å². The minimum Gasteiger partial charge on any atom is -0.487 e. The number of carbonyl (C=O) groups excluding carboxylic acids is 3. The van der Waals surface area contributed by atoms with Crippen LogP contribution in [-0.4, -0.2) is 17.8 Å². The molecule has 172 valence electrons. The van der Waals surface area contributed by atoms with Gasteiger partial charge in [0.15, 0.2) is 0 Å². The van der Waals surface area contributed by atoms with Crippen molar-refractivity contribution in [1.29, 1.82) is 0 Å². The number of benzene rings is 3. The van der Waals surface area contributed by atoms with E-state index >= 15 is 0 Å². The summed E-state index contributed by atoms with van der Waals surface area (Å²) >= 11 is 13.0. The van der Waals surface area contributed by atoms with Gasteiger partial charge >= 0.3 is 6.03 Å². The van der Waals surface area contributed by atoms with Crippen molar-refractivity contribution in [2.75, 3.05) is 4.90 Å². The summed E-state index contributed by atoms with van der Waals surface area (Å²) in [6.07, 6.45) is 1.32. The van der Waals surface area contributed by atoms with Gasteiger partial charge in [-0.05, 0) is 64.0 Å². The smallest absolute Gasteiger partial charge is 0.335 e. The molecule has 1 aliphatic rings. The molecular weight excluding hydrogens is 595 g/mol. The molecule has 0 bridgehead atoms. The fourth-order valence-corrected chi connectivity index (χ4v) is 4.88. The zero-order valence-corrected chi connectivity index (χ0v) is 21.1. The number of amides is 4. The topological polar surface area (TPSA) is 75.7 Å². The van der Waals surface area contributed by atoms with Crippen LogP contribution in [-0.2, 0) is 16.2 Å². The van der Waals surface area contributed by atoms with Crippen molar-refractivity contribution in [3.05, 3.63) is 97.1 Å². The summed E-state index contributed by atoms with van der Waals surface area (Å²) in [5.41, 5.74) is 0.822. The van der Waals surface area contributed by atoms with Crippen molar-refractivity contribution in [3.8, 4) is 5.75 Å². The average Bonchev–Trinajstić information content (AvgIpc) is 2.77. The molecule has 0 aromatic heterocycles. The van der Waals surface area contributed by atoms with E-state index in [1.54, 1.807) is 36.4 Å². The van der Waals surface area contributed by atoms with Crippen molar-refractivity contribution >= 4 is 73.1 Å². The summed E-state index contributed by atoms with van der Waals surface area (Å²) in [5.74, 6) is -1.77. The van der Waals surface area contributed by atoms with Crippen LogP contribution >= 0.6 is 43.5 Å². The first-order chi connectivity index (χ1) is 16.2. The van der Waals surface area contributed by atoms with E-state index in [1.165, 1.54) is 30.3 Å². The number of nitrogens with one attached hydrogen (secondary N) is 1. The number of ether oxygens (including phenoxy) is 1. The number of hydrogen-bond donors (Lipinski definition) is 1. The Hall–Kier alpha value is -3.01. The van der Waals surface area contributed by atoms with Gasteiger partial charge in [0, 0.05) is 10.0 Å². The van der Waals surface area contributed by atoms with Crippen LogP contribution < -0.4 is 15.0 Å². The molecule has 0 saturated carbocycles. The lowest BCUT2D eigenvalue weighted by Gasteiger charge is -2.27. The highest BCUT2D eigenvalue weighted by Gasteiger charge is 2.37. The molecule has 1 aliphatic heterocycles. The molecule has 0 radical (unpaired) electrons. The number of rotatable bonds is 5. The third-order valence-electron chi connectivity index (χ3n) is 4.80. The quantitative estimate of drug-likeness (QED) is 0.275. The first-order valence-corrected chi connectivity index (χ1v) is 11.7. The first-order valence-electron chi connectivity index (χ1n) is 9.77. The molecule has 4 rings (SSSR count). The van der Waals surface area contributed by atoms with E-state index in [-0.39, 0.29) is 22.9 Å². The number of barbiturate groups is 1. The summed E-state index contributed by atoms with van der Waals surface area (Å²) in [6, 6.07) is 14.7. The molecule has 0 aliphatic carbocycles. The summed E-state index contributed by atoms with van der Waals surface area (Å²) in [6.45, 7) is 0.0402. The molecule has 3 aromatic rings. The van der Waals surface area contributed by atoms with Gasteiger partial charge in [-0.25, -0.2) is 14.1 Å². The maximum Gasteiger partial charge on any atom is 0.335 e. The number of imide groups is 2. The Morgan fingerprint density at radius 3 is 2.53 bits per heavy atom. The molecule has 10 heteroatoms. The average molecular weight is 609 g/mol. The highest BCUT2D eigenvalue weighted by atomic mass is 79.9. The summed E-state index contributed by atoms with van der Waals surface area (Å²) < 4.78 is 20.6. The molecule has 1 fully saturated rings. The zero-order chi connectivity index (χ0) is 24.4. The van der Waals surface area contributed by atoms with Crippen LogP contribution in [0.15, 0.2) is 75.2 Å². The monoisotopic (exact) mass is 606 g/mol. The van der Waals surface area contributed by atoms with E-state index in [1.807, 2.05) is 0 Å². The third-order valence-corrected chi connectivity index (χ3v) is 6.17. The zero-order valence-electron chi connectivity index (χ0n) is 17.2. The van der Waals surface area contributed by atoms with Crippen molar-refractivity contribution < 1.29 is 23.5 Å². The number of urea groups is 1. The second kappa shape index (κ2) is 10.1.